The number of alkyl halides is 1. The fourth-order valence-corrected chi connectivity index (χ4v) is 2.12. The molecule has 1 rings (SSSR count). The molecule has 0 aromatic heterocycles. The standard InChI is InChI=1S/C11H21FN2O/c1-8-4-11(13-5-9(2)15)7-14(6-8)10(3)12/h8,10-11,13H,4-7H2,1-3H3/t8-,10?,11+/m0/s1. The van der Waals surface area contributed by atoms with Crippen LogP contribution in [0.1, 0.15) is 27.2 Å². The Balaban J connectivity index is 2.41. The van der Waals surface area contributed by atoms with Gasteiger partial charge in [-0.3, -0.25) is 9.69 Å². The SMILES string of the molecule is CC(=O)CN[C@@H]1C[C@H](C)CN(C(C)F)C1. The van der Waals surface area contributed by atoms with Crippen LogP contribution in [-0.4, -0.2) is 42.7 Å². The van der Waals surface area contributed by atoms with Crippen molar-refractivity contribution in [1.29, 1.82) is 0 Å². The average Bonchev–Trinajstić information content (AvgIpc) is 2.13. The predicted octanol–water partition coefficient (Wildman–Crippen LogP) is 1.19. The quantitative estimate of drug-likeness (QED) is 0.716. The molecule has 1 saturated heterocycles. The molecular formula is C11H21FN2O. The van der Waals surface area contributed by atoms with Gasteiger partial charge in [-0.25, -0.2) is 4.39 Å². The van der Waals surface area contributed by atoms with Crippen molar-refractivity contribution in [2.24, 2.45) is 5.92 Å². The molecule has 1 aliphatic heterocycles. The van der Waals surface area contributed by atoms with Crippen molar-refractivity contribution in [2.45, 2.75) is 39.5 Å². The molecule has 15 heavy (non-hydrogen) atoms. The van der Waals surface area contributed by atoms with Crippen molar-refractivity contribution in [2.75, 3.05) is 19.6 Å². The van der Waals surface area contributed by atoms with Gasteiger partial charge in [-0.1, -0.05) is 6.92 Å². The van der Waals surface area contributed by atoms with Crippen LogP contribution in [0.25, 0.3) is 0 Å². The third-order valence-corrected chi connectivity index (χ3v) is 2.83. The molecular weight excluding hydrogens is 195 g/mol. The van der Waals surface area contributed by atoms with E-state index in [4.69, 9.17) is 0 Å². The number of Topliss-reactive ketones (excluding diaryl/α,β-unsaturated/α-hetero) is 1. The Kier molecular flexibility index (Phi) is 4.67. The number of carbonyl (C=O) groups is 1. The van der Waals surface area contributed by atoms with Gasteiger partial charge in [0.05, 0.1) is 6.54 Å². The van der Waals surface area contributed by atoms with Gasteiger partial charge in [-0.15, -0.1) is 0 Å². The van der Waals surface area contributed by atoms with Gasteiger partial charge in [0, 0.05) is 19.1 Å². The first-order valence-corrected chi connectivity index (χ1v) is 5.60. The summed E-state index contributed by atoms with van der Waals surface area (Å²) < 4.78 is 13.2. The maximum Gasteiger partial charge on any atom is 0.150 e. The largest absolute Gasteiger partial charge is 0.306 e. The predicted molar refractivity (Wildman–Crippen MR) is 58.4 cm³/mol. The molecule has 0 aliphatic carbocycles. The van der Waals surface area contributed by atoms with E-state index in [2.05, 4.69) is 12.2 Å². The zero-order valence-corrected chi connectivity index (χ0v) is 9.79. The van der Waals surface area contributed by atoms with Crippen LogP contribution < -0.4 is 5.32 Å². The Hall–Kier alpha value is -0.480. The minimum absolute atomic E-state index is 0.132. The average molecular weight is 216 g/mol. The molecule has 0 aromatic carbocycles. The lowest BCUT2D eigenvalue weighted by atomic mass is 9.96. The zero-order valence-electron chi connectivity index (χ0n) is 9.79. The van der Waals surface area contributed by atoms with E-state index in [0.717, 1.165) is 13.0 Å². The van der Waals surface area contributed by atoms with Gasteiger partial charge in [0.25, 0.3) is 0 Å². The second kappa shape index (κ2) is 5.56. The van der Waals surface area contributed by atoms with Crippen LogP contribution in [0.15, 0.2) is 0 Å². The van der Waals surface area contributed by atoms with E-state index in [9.17, 15) is 9.18 Å². The molecule has 1 fully saturated rings. The molecule has 3 atom stereocenters. The molecule has 1 heterocycles. The minimum Gasteiger partial charge on any atom is -0.306 e. The third-order valence-electron chi connectivity index (χ3n) is 2.83. The molecule has 0 amide bonds. The summed E-state index contributed by atoms with van der Waals surface area (Å²) in [6.45, 7) is 7.17. The van der Waals surface area contributed by atoms with Gasteiger partial charge < -0.3 is 5.32 Å². The fourth-order valence-electron chi connectivity index (χ4n) is 2.12. The molecule has 88 valence electrons. The first-order valence-electron chi connectivity index (χ1n) is 5.60. The lowest BCUT2D eigenvalue weighted by molar-refractivity contribution is -0.116. The molecule has 1 aliphatic rings. The van der Waals surface area contributed by atoms with Crippen LogP contribution in [0.5, 0.6) is 0 Å². The summed E-state index contributed by atoms with van der Waals surface area (Å²) in [6.07, 6.45) is 0.130. The highest BCUT2D eigenvalue weighted by Crippen LogP contribution is 2.18. The second-order valence-electron chi connectivity index (χ2n) is 4.65. The van der Waals surface area contributed by atoms with Crippen molar-refractivity contribution in [3.8, 4) is 0 Å². The fraction of sp³-hybridized carbons (Fsp3) is 0.909. The molecule has 0 radical (unpaired) electrons. The Morgan fingerprint density at radius 1 is 1.60 bits per heavy atom. The molecule has 0 spiro atoms. The summed E-state index contributed by atoms with van der Waals surface area (Å²) in [5.41, 5.74) is 0. The van der Waals surface area contributed by atoms with E-state index in [1.165, 1.54) is 0 Å². The first kappa shape index (κ1) is 12.6. The van der Waals surface area contributed by atoms with Crippen LogP contribution in [0, 0.1) is 5.92 Å². The molecule has 1 unspecified atom stereocenters. The number of likely N-dealkylation sites (tertiary alicyclic amines) is 1. The van der Waals surface area contributed by atoms with Crippen molar-refractivity contribution >= 4 is 5.78 Å². The molecule has 0 saturated carbocycles. The number of hydrogen-bond acceptors (Lipinski definition) is 3. The van der Waals surface area contributed by atoms with Crippen LogP contribution in [0.2, 0.25) is 0 Å². The van der Waals surface area contributed by atoms with Gasteiger partial charge in [-0.2, -0.15) is 0 Å². The van der Waals surface area contributed by atoms with Crippen LogP contribution in [-0.2, 0) is 4.79 Å². The molecule has 3 nitrogen and oxygen atoms in total. The van der Waals surface area contributed by atoms with E-state index in [0.29, 0.717) is 19.0 Å². The van der Waals surface area contributed by atoms with E-state index in [1.807, 2.05) is 4.90 Å². The number of nitrogens with zero attached hydrogens (tertiary/aromatic N) is 1. The van der Waals surface area contributed by atoms with Crippen LogP contribution in [0.4, 0.5) is 4.39 Å². The molecule has 0 aromatic rings. The normalized spacial score (nSPS) is 30.1. The summed E-state index contributed by atoms with van der Waals surface area (Å²) in [4.78, 5) is 12.7. The summed E-state index contributed by atoms with van der Waals surface area (Å²) >= 11 is 0. The Morgan fingerprint density at radius 2 is 2.27 bits per heavy atom. The molecule has 1 N–H and O–H groups in total. The molecule has 0 bridgehead atoms. The number of hydrogen-bond donors (Lipinski definition) is 1. The van der Waals surface area contributed by atoms with Gasteiger partial charge >= 0.3 is 0 Å². The van der Waals surface area contributed by atoms with Crippen molar-refractivity contribution in [1.82, 2.24) is 10.2 Å². The minimum atomic E-state index is -0.894. The highest BCUT2D eigenvalue weighted by molar-refractivity contribution is 5.77. The number of ketones is 1. The monoisotopic (exact) mass is 216 g/mol. The number of halogens is 1. The van der Waals surface area contributed by atoms with Crippen molar-refractivity contribution < 1.29 is 9.18 Å². The topological polar surface area (TPSA) is 32.3 Å². The maximum absolute atomic E-state index is 13.2. The number of nitrogens with one attached hydrogen (secondary N) is 1. The smallest absolute Gasteiger partial charge is 0.150 e. The lowest BCUT2D eigenvalue weighted by Crippen LogP contribution is -2.51. The second-order valence-corrected chi connectivity index (χ2v) is 4.65. The highest BCUT2D eigenvalue weighted by Gasteiger charge is 2.27. The third kappa shape index (κ3) is 4.26. The van der Waals surface area contributed by atoms with Crippen molar-refractivity contribution in [3.63, 3.8) is 0 Å². The summed E-state index contributed by atoms with van der Waals surface area (Å²) in [5, 5.41) is 3.18. The molecule has 4 heteroatoms. The van der Waals surface area contributed by atoms with E-state index < -0.39 is 6.30 Å². The maximum atomic E-state index is 13.2. The van der Waals surface area contributed by atoms with E-state index in [1.54, 1.807) is 13.8 Å². The van der Waals surface area contributed by atoms with Gasteiger partial charge in [0.2, 0.25) is 0 Å². The van der Waals surface area contributed by atoms with Crippen LogP contribution in [0.3, 0.4) is 0 Å². The highest BCUT2D eigenvalue weighted by atomic mass is 19.1. The van der Waals surface area contributed by atoms with Gasteiger partial charge in [0.15, 0.2) is 6.30 Å². The Bertz CT molecular complexity index is 221. The zero-order chi connectivity index (χ0) is 11.4. The van der Waals surface area contributed by atoms with Gasteiger partial charge in [0.1, 0.15) is 5.78 Å². The van der Waals surface area contributed by atoms with E-state index in [-0.39, 0.29) is 11.8 Å². The Labute approximate surface area is 91.0 Å². The van der Waals surface area contributed by atoms with Crippen molar-refractivity contribution in [3.05, 3.63) is 0 Å². The number of carbonyl (C=O) groups excluding carboxylic acids is 1. The summed E-state index contributed by atoms with van der Waals surface area (Å²) in [6, 6.07) is 0.246. The summed E-state index contributed by atoms with van der Waals surface area (Å²) in [5.74, 6) is 0.620. The number of piperidine rings is 1. The number of rotatable bonds is 4. The first-order chi connectivity index (χ1) is 6.99. The van der Waals surface area contributed by atoms with Gasteiger partial charge in [-0.05, 0) is 26.2 Å². The summed E-state index contributed by atoms with van der Waals surface area (Å²) in [7, 11) is 0. The lowest BCUT2D eigenvalue weighted by Gasteiger charge is -2.37. The van der Waals surface area contributed by atoms with Crippen LogP contribution >= 0.6 is 0 Å². The Morgan fingerprint density at radius 3 is 2.80 bits per heavy atom. The van der Waals surface area contributed by atoms with E-state index >= 15 is 0 Å².